The summed E-state index contributed by atoms with van der Waals surface area (Å²) in [7, 11) is 0. The highest BCUT2D eigenvalue weighted by molar-refractivity contribution is 7.10. The van der Waals surface area contributed by atoms with Crippen LogP contribution in [0.15, 0.2) is 96.7 Å². The molecule has 0 saturated carbocycles. The van der Waals surface area contributed by atoms with Crippen molar-refractivity contribution in [2.45, 2.75) is 81.1 Å². The Labute approximate surface area is 348 Å². The van der Waals surface area contributed by atoms with Crippen molar-refractivity contribution in [1.82, 2.24) is 9.97 Å². The first-order chi connectivity index (χ1) is 26.6. The topological polar surface area (TPSA) is 25.8 Å². The molecule has 0 aliphatic rings. The van der Waals surface area contributed by atoms with Gasteiger partial charge in [0.25, 0.3) is 0 Å². The van der Waals surface area contributed by atoms with Gasteiger partial charge < -0.3 is 0 Å². The number of hydrogen-bond acceptors (Lipinski definition) is 4. The maximum atomic E-state index is 12.6. The maximum Gasteiger partial charge on any atom is 0.132 e. The molecule has 6 rings (SSSR count). The Morgan fingerprint density at radius 2 is 1.02 bits per heavy atom. The second-order valence-corrected chi connectivity index (χ2v) is 15.2. The summed E-state index contributed by atoms with van der Waals surface area (Å²) in [5, 5.41) is 7.88. The molecule has 0 saturated heterocycles. The van der Waals surface area contributed by atoms with E-state index < -0.39 is 17.5 Å². The Balaban J connectivity index is 0.000000262. The number of rotatable bonds is 8. The highest BCUT2D eigenvalue weighted by atomic mass is 35.5. The molecule has 2 aromatic heterocycles. The van der Waals surface area contributed by atoms with E-state index in [-0.39, 0.29) is 17.8 Å². The van der Waals surface area contributed by atoms with Crippen molar-refractivity contribution in [3.8, 4) is 0 Å². The molecular formula is C46H50Cl2F4N2S2. The predicted octanol–water partition coefficient (Wildman–Crippen LogP) is 15.5. The van der Waals surface area contributed by atoms with E-state index in [0.717, 1.165) is 61.9 Å². The first-order valence-electron chi connectivity index (χ1n) is 18.2. The van der Waals surface area contributed by atoms with Crippen molar-refractivity contribution in [3.05, 3.63) is 185 Å². The van der Waals surface area contributed by atoms with Crippen LogP contribution in [0, 0.1) is 37.1 Å². The molecule has 0 aliphatic carbocycles. The average Bonchev–Trinajstić information content (AvgIpc) is 3.84. The Hall–Kier alpha value is -4.08. The standard InChI is InChI=1S/2C14H14ClNS.C8H7F3.C8H9F.C2H6/c2*1-9(2)13-8-17-14(16-13)7-11-6-12(15)5-4-10(11)3;1-2-6-7(10)3-5(9)4-8(6)11;1-2-7-3-5-8(9)6-4-7;1-2/h2*4-6,8H,1,7H2,2-3H3;3-4H,2H2,1H3;3-6H,2H2,1H3;1-2H3. The highest BCUT2D eigenvalue weighted by Gasteiger charge is 2.09. The summed E-state index contributed by atoms with van der Waals surface area (Å²) in [5.41, 5.74) is 10.1. The molecule has 0 N–H and O–H groups in total. The van der Waals surface area contributed by atoms with Crippen LogP contribution in [0.4, 0.5) is 17.6 Å². The van der Waals surface area contributed by atoms with Crippen molar-refractivity contribution < 1.29 is 17.6 Å². The summed E-state index contributed by atoms with van der Waals surface area (Å²) >= 11 is 15.4. The van der Waals surface area contributed by atoms with Gasteiger partial charge in [0.15, 0.2) is 0 Å². The van der Waals surface area contributed by atoms with Gasteiger partial charge in [-0.25, -0.2) is 27.5 Å². The highest BCUT2D eigenvalue weighted by Crippen LogP contribution is 2.24. The van der Waals surface area contributed by atoms with E-state index in [1.165, 1.54) is 39.9 Å². The van der Waals surface area contributed by atoms with Gasteiger partial charge in [0, 0.05) is 51.3 Å². The molecule has 6 aromatic rings. The van der Waals surface area contributed by atoms with E-state index in [1.807, 2.05) is 71.0 Å². The number of benzene rings is 4. The summed E-state index contributed by atoms with van der Waals surface area (Å²) in [6.07, 6.45) is 2.88. The molecule has 0 unspecified atom stereocenters. The first-order valence-corrected chi connectivity index (χ1v) is 20.7. The largest absolute Gasteiger partial charge is 0.241 e. The van der Waals surface area contributed by atoms with E-state index >= 15 is 0 Å². The third kappa shape index (κ3) is 16.2. The first kappa shape index (κ1) is 48.1. The molecule has 298 valence electrons. The summed E-state index contributed by atoms with van der Waals surface area (Å²) in [6.45, 7) is 23.6. The van der Waals surface area contributed by atoms with E-state index in [9.17, 15) is 17.6 Å². The molecule has 0 spiro atoms. The molecule has 0 fully saturated rings. The van der Waals surface area contributed by atoms with Crippen LogP contribution in [0.5, 0.6) is 0 Å². The molecule has 0 bridgehead atoms. The number of halogens is 6. The molecule has 0 atom stereocenters. The van der Waals surface area contributed by atoms with Crippen LogP contribution in [0.2, 0.25) is 10.0 Å². The van der Waals surface area contributed by atoms with Gasteiger partial charge in [-0.1, -0.05) is 88.3 Å². The fourth-order valence-corrected chi connectivity index (χ4v) is 6.97. The maximum absolute atomic E-state index is 12.6. The monoisotopic (exact) mass is 840 g/mol. The van der Waals surface area contributed by atoms with Crippen molar-refractivity contribution >= 4 is 57.0 Å². The number of aromatic nitrogens is 2. The van der Waals surface area contributed by atoms with Crippen LogP contribution in [0.25, 0.3) is 11.1 Å². The van der Waals surface area contributed by atoms with Crippen LogP contribution in [-0.4, -0.2) is 9.97 Å². The molecule has 0 amide bonds. The fraction of sp³-hybridized carbons (Fsp3) is 0.261. The third-order valence-electron chi connectivity index (χ3n) is 8.06. The zero-order valence-corrected chi connectivity index (χ0v) is 36.4. The quantitative estimate of drug-likeness (QED) is 0.143. The second kappa shape index (κ2) is 24.5. The lowest BCUT2D eigenvalue weighted by Crippen LogP contribution is -1.94. The zero-order valence-electron chi connectivity index (χ0n) is 33.3. The Morgan fingerprint density at radius 3 is 1.36 bits per heavy atom. The molecule has 56 heavy (non-hydrogen) atoms. The summed E-state index contributed by atoms with van der Waals surface area (Å²) < 4.78 is 49.8. The molecule has 2 heterocycles. The van der Waals surface area contributed by atoms with Crippen molar-refractivity contribution in [1.29, 1.82) is 0 Å². The summed E-state index contributed by atoms with van der Waals surface area (Å²) in [6, 6.07) is 19.9. The summed E-state index contributed by atoms with van der Waals surface area (Å²) in [4.78, 5) is 9.10. The third-order valence-corrected chi connectivity index (χ3v) is 10.2. The van der Waals surface area contributed by atoms with Gasteiger partial charge in [0.2, 0.25) is 0 Å². The van der Waals surface area contributed by atoms with Gasteiger partial charge in [-0.3, -0.25) is 0 Å². The van der Waals surface area contributed by atoms with Crippen molar-refractivity contribution in [3.63, 3.8) is 0 Å². The number of nitrogens with zero attached hydrogens (tertiary/aromatic N) is 2. The number of hydrogen-bond donors (Lipinski definition) is 0. The SMILES string of the molecule is C=C(C)c1csc(Cc2cc(Cl)ccc2C)n1.C=C(C)c1csc(Cc2cc(Cl)ccc2C)n1.CC.CCc1c(F)cc(F)cc1F.CCc1ccc(F)cc1. The fourth-order valence-electron chi connectivity index (χ4n) is 4.79. The van der Waals surface area contributed by atoms with E-state index in [0.29, 0.717) is 12.1 Å². The molecule has 0 radical (unpaired) electrons. The minimum Gasteiger partial charge on any atom is -0.241 e. The second-order valence-electron chi connectivity index (χ2n) is 12.5. The lowest BCUT2D eigenvalue weighted by atomic mass is 10.1. The number of thiazole rings is 2. The lowest BCUT2D eigenvalue weighted by Gasteiger charge is -2.03. The summed E-state index contributed by atoms with van der Waals surface area (Å²) in [5.74, 6) is -2.67. The number of aryl methyl sites for hydroxylation is 3. The van der Waals surface area contributed by atoms with Gasteiger partial charge in [-0.2, -0.15) is 0 Å². The number of allylic oxidation sites excluding steroid dienone is 2. The minimum absolute atomic E-state index is 0.0635. The Bertz CT molecular complexity index is 2030. The van der Waals surface area contributed by atoms with E-state index in [4.69, 9.17) is 23.2 Å². The van der Waals surface area contributed by atoms with Crippen LogP contribution in [0.1, 0.15) is 96.3 Å². The van der Waals surface area contributed by atoms with Gasteiger partial charge in [0.05, 0.1) is 21.4 Å². The predicted molar refractivity (Wildman–Crippen MR) is 234 cm³/mol. The molecular weight excluding hydrogens is 792 g/mol. The van der Waals surface area contributed by atoms with Crippen LogP contribution in [0.3, 0.4) is 0 Å². The van der Waals surface area contributed by atoms with Gasteiger partial charge in [-0.15, -0.1) is 22.7 Å². The smallest absolute Gasteiger partial charge is 0.132 e. The molecule has 0 aliphatic heterocycles. The van der Waals surface area contributed by atoms with Crippen LogP contribution < -0.4 is 0 Å². The van der Waals surface area contributed by atoms with Crippen molar-refractivity contribution in [2.75, 3.05) is 0 Å². The van der Waals surface area contributed by atoms with Gasteiger partial charge in [0.1, 0.15) is 23.3 Å². The zero-order chi connectivity index (χ0) is 41.9. The molecule has 10 heteroatoms. The molecule has 4 aromatic carbocycles. The van der Waals surface area contributed by atoms with E-state index in [2.05, 4.69) is 47.7 Å². The minimum atomic E-state index is -0.878. The van der Waals surface area contributed by atoms with Gasteiger partial charge in [-0.05, 0) is 116 Å². The normalized spacial score (nSPS) is 10.0. The van der Waals surface area contributed by atoms with E-state index in [1.54, 1.807) is 41.7 Å². The Morgan fingerprint density at radius 1 is 0.607 bits per heavy atom. The molecule has 2 nitrogen and oxygen atoms in total. The Kier molecular flexibility index (Phi) is 21.1. The van der Waals surface area contributed by atoms with Crippen molar-refractivity contribution in [2.24, 2.45) is 0 Å². The average molecular weight is 842 g/mol. The lowest BCUT2D eigenvalue weighted by molar-refractivity contribution is 0.526. The van der Waals surface area contributed by atoms with Crippen LogP contribution in [-0.2, 0) is 25.7 Å². The van der Waals surface area contributed by atoms with Crippen LogP contribution >= 0.6 is 45.9 Å². The van der Waals surface area contributed by atoms with Gasteiger partial charge >= 0.3 is 0 Å².